The Hall–Kier alpha value is -2.18. The second kappa shape index (κ2) is 5.41. The number of carbonyl (C=O) groups is 1. The topological polar surface area (TPSA) is 41.4 Å². The molecule has 2 aromatic rings. The highest BCUT2D eigenvalue weighted by Crippen LogP contribution is 2.44. The Morgan fingerprint density at radius 2 is 1.77 bits per heavy atom. The first-order valence-electron chi connectivity index (χ1n) is 9.24. The summed E-state index contributed by atoms with van der Waals surface area (Å²) in [4.78, 5) is 21.3. The number of halogens is 2. The fourth-order valence-corrected chi connectivity index (χ4v) is 4.85. The summed E-state index contributed by atoms with van der Waals surface area (Å²) in [5.74, 6) is -1.40. The van der Waals surface area contributed by atoms with Crippen LogP contribution in [0.4, 0.5) is 14.7 Å². The van der Waals surface area contributed by atoms with Gasteiger partial charge in [0.15, 0.2) is 0 Å². The van der Waals surface area contributed by atoms with Crippen molar-refractivity contribution in [1.82, 2.24) is 14.5 Å². The zero-order valence-electron chi connectivity index (χ0n) is 14.7. The Balaban J connectivity index is 1.27. The van der Waals surface area contributed by atoms with Crippen molar-refractivity contribution in [2.75, 3.05) is 31.1 Å². The van der Waals surface area contributed by atoms with Crippen LogP contribution in [0.25, 0.3) is 11.0 Å². The molecule has 0 N–H and O–H groups in total. The minimum absolute atomic E-state index is 0.0698. The third kappa shape index (κ3) is 2.40. The standard InChI is InChI=1S/C19H22F2N4O/c1-23-16-5-3-2-4-15(16)22-18(23)25-10-13-8-24(9-14(13)11-25)17(26)12-6-19(20,21)7-12/h2-5,12-14H,6-11H2,1H3. The summed E-state index contributed by atoms with van der Waals surface area (Å²) in [7, 11) is 2.03. The molecule has 0 radical (unpaired) electrons. The number of amides is 1. The lowest BCUT2D eigenvalue weighted by atomic mass is 9.80. The van der Waals surface area contributed by atoms with E-state index in [4.69, 9.17) is 4.98 Å². The van der Waals surface area contributed by atoms with Crippen molar-refractivity contribution in [2.45, 2.75) is 18.8 Å². The zero-order valence-corrected chi connectivity index (χ0v) is 14.7. The van der Waals surface area contributed by atoms with Crippen LogP contribution in [0.15, 0.2) is 24.3 Å². The number of hydrogen-bond acceptors (Lipinski definition) is 3. The molecule has 1 saturated carbocycles. The fraction of sp³-hybridized carbons (Fsp3) is 0.579. The van der Waals surface area contributed by atoms with Crippen molar-refractivity contribution in [2.24, 2.45) is 24.8 Å². The molecule has 1 aromatic carbocycles. The van der Waals surface area contributed by atoms with Crippen LogP contribution in [0.3, 0.4) is 0 Å². The summed E-state index contributed by atoms with van der Waals surface area (Å²) in [5.41, 5.74) is 2.10. The van der Waals surface area contributed by atoms with E-state index in [1.807, 2.05) is 30.1 Å². The molecule has 5 rings (SSSR count). The number of benzene rings is 1. The van der Waals surface area contributed by atoms with Crippen LogP contribution in [0.5, 0.6) is 0 Å². The van der Waals surface area contributed by atoms with E-state index >= 15 is 0 Å². The summed E-state index contributed by atoms with van der Waals surface area (Å²) in [6.45, 7) is 3.11. The van der Waals surface area contributed by atoms with Crippen molar-refractivity contribution in [3.8, 4) is 0 Å². The number of fused-ring (bicyclic) bond motifs is 2. The number of aryl methyl sites for hydroxylation is 1. The van der Waals surface area contributed by atoms with Gasteiger partial charge in [-0.15, -0.1) is 0 Å². The van der Waals surface area contributed by atoms with Crippen molar-refractivity contribution < 1.29 is 13.6 Å². The summed E-state index contributed by atoms with van der Waals surface area (Å²) in [5, 5.41) is 0. The number of anilines is 1. The first-order chi connectivity index (χ1) is 12.4. The third-order valence-corrected chi connectivity index (χ3v) is 6.28. The molecule has 3 aliphatic rings. The molecule has 3 fully saturated rings. The van der Waals surface area contributed by atoms with Crippen molar-refractivity contribution in [3.63, 3.8) is 0 Å². The summed E-state index contributed by atoms with van der Waals surface area (Å²) < 4.78 is 28.2. The number of rotatable bonds is 2. The molecule has 2 aliphatic heterocycles. The molecule has 138 valence electrons. The molecular weight excluding hydrogens is 338 g/mol. The molecule has 5 nitrogen and oxygen atoms in total. The lowest BCUT2D eigenvalue weighted by molar-refractivity contribution is -0.159. The van der Waals surface area contributed by atoms with Gasteiger partial charge in [-0.25, -0.2) is 13.8 Å². The average molecular weight is 360 g/mol. The van der Waals surface area contributed by atoms with E-state index in [1.165, 1.54) is 0 Å². The predicted octanol–water partition coefficient (Wildman–Crippen LogP) is 2.51. The maximum absolute atomic E-state index is 13.0. The molecule has 2 saturated heterocycles. The van der Waals surface area contributed by atoms with Gasteiger partial charge in [0.05, 0.1) is 11.0 Å². The van der Waals surface area contributed by atoms with Crippen LogP contribution < -0.4 is 4.90 Å². The minimum atomic E-state index is -2.63. The maximum Gasteiger partial charge on any atom is 0.249 e. The van der Waals surface area contributed by atoms with Crippen LogP contribution in [-0.4, -0.2) is 52.5 Å². The van der Waals surface area contributed by atoms with Gasteiger partial charge < -0.3 is 14.4 Å². The van der Waals surface area contributed by atoms with E-state index in [1.54, 1.807) is 0 Å². The third-order valence-electron chi connectivity index (χ3n) is 6.28. The van der Waals surface area contributed by atoms with Gasteiger partial charge in [0, 0.05) is 63.8 Å². The van der Waals surface area contributed by atoms with E-state index in [9.17, 15) is 13.6 Å². The molecule has 1 amide bonds. The van der Waals surface area contributed by atoms with E-state index < -0.39 is 11.8 Å². The molecule has 7 heteroatoms. The van der Waals surface area contributed by atoms with E-state index in [0.29, 0.717) is 24.9 Å². The Labute approximate surface area is 150 Å². The van der Waals surface area contributed by atoms with Gasteiger partial charge in [-0.05, 0) is 12.1 Å². The highest BCUT2D eigenvalue weighted by atomic mass is 19.3. The SMILES string of the molecule is Cn1c(N2CC3CN(C(=O)C4CC(F)(F)C4)CC3C2)nc2ccccc21. The predicted molar refractivity (Wildman–Crippen MR) is 94.2 cm³/mol. The Bertz CT molecular complexity index is 858. The molecule has 26 heavy (non-hydrogen) atoms. The van der Waals surface area contributed by atoms with Gasteiger partial charge in [0.2, 0.25) is 17.8 Å². The number of carbonyl (C=O) groups excluding carboxylic acids is 1. The fourth-order valence-electron chi connectivity index (χ4n) is 4.85. The number of alkyl halides is 2. The normalized spacial score (nSPS) is 27.8. The van der Waals surface area contributed by atoms with E-state index in [2.05, 4.69) is 15.5 Å². The highest BCUT2D eigenvalue weighted by molar-refractivity contribution is 5.81. The molecule has 1 aliphatic carbocycles. The summed E-state index contributed by atoms with van der Waals surface area (Å²) in [6.07, 6.45) is -0.548. The van der Waals surface area contributed by atoms with Crippen molar-refractivity contribution in [1.29, 1.82) is 0 Å². The number of nitrogens with zero attached hydrogens (tertiary/aromatic N) is 4. The molecule has 1 aromatic heterocycles. The summed E-state index contributed by atoms with van der Waals surface area (Å²) >= 11 is 0. The molecule has 2 atom stereocenters. The highest BCUT2D eigenvalue weighted by Gasteiger charge is 2.52. The second-order valence-corrected chi connectivity index (χ2v) is 8.09. The van der Waals surface area contributed by atoms with Crippen molar-refractivity contribution in [3.05, 3.63) is 24.3 Å². The van der Waals surface area contributed by atoms with Gasteiger partial charge in [0.1, 0.15) is 0 Å². The molecule has 0 bridgehead atoms. The number of likely N-dealkylation sites (tertiary alicyclic amines) is 1. The number of imidazole rings is 1. The van der Waals surface area contributed by atoms with Crippen LogP contribution in [0.1, 0.15) is 12.8 Å². The van der Waals surface area contributed by atoms with Gasteiger partial charge in [0.25, 0.3) is 0 Å². The van der Waals surface area contributed by atoms with E-state index in [-0.39, 0.29) is 18.7 Å². The van der Waals surface area contributed by atoms with Gasteiger partial charge in [-0.2, -0.15) is 0 Å². The monoisotopic (exact) mass is 360 g/mol. The van der Waals surface area contributed by atoms with Crippen LogP contribution in [0, 0.1) is 17.8 Å². The first-order valence-corrected chi connectivity index (χ1v) is 9.24. The maximum atomic E-state index is 13.0. The average Bonchev–Trinajstić information content (AvgIpc) is 3.23. The van der Waals surface area contributed by atoms with Crippen LogP contribution >= 0.6 is 0 Å². The van der Waals surface area contributed by atoms with Crippen LogP contribution in [-0.2, 0) is 11.8 Å². The van der Waals surface area contributed by atoms with Gasteiger partial charge in [-0.3, -0.25) is 4.79 Å². The Morgan fingerprint density at radius 3 is 2.38 bits per heavy atom. The minimum Gasteiger partial charge on any atom is -0.342 e. The lowest BCUT2D eigenvalue weighted by Crippen LogP contribution is -2.46. The first kappa shape index (κ1) is 16.0. The van der Waals surface area contributed by atoms with Crippen molar-refractivity contribution >= 4 is 22.9 Å². The second-order valence-electron chi connectivity index (χ2n) is 8.09. The number of aromatic nitrogens is 2. The van der Waals surface area contributed by atoms with Gasteiger partial charge >= 0.3 is 0 Å². The molecule has 2 unspecified atom stereocenters. The molecule has 3 heterocycles. The number of para-hydroxylation sites is 2. The molecular formula is C19H22F2N4O. The smallest absolute Gasteiger partial charge is 0.249 e. The zero-order chi connectivity index (χ0) is 18.1. The Morgan fingerprint density at radius 1 is 1.12 bits per heavy atom. The van der Waals surface area contributed by atoms with Gasteiger partial charge in [-0.1, -0.05) is 12.1 Å². The number of hydrogen-bond donors (Lipinski definition) is 0. The Kier molecular flexibility index (Phi) is 3.33. The summed E-state index contributed by atoms with van der Waals surface area (Å²) in [6, 6.07) is 8.09. The van der Waals surface area contributed by atoms with Crippen LogP contribution in [0.2, 0.25) is 0 Å². The largest absolute Gasteiger partial charge is 0.342 e. The van der Waals surface area contributed by atoms with E-state index in [0.717, 1.165) is 30.1 Å². The lowest BCUT2D eigenvalue weighted by Gasteiger charge is -2.36. The molecule has 0 spiro atoms. The quantitative estimate of drug-likeness (QED) is 0.826.